The van der Waals surface area contributed by atoms with Crippen molar-refractivity contribution in [3.05, 3.63) is 57.6 Å². The van der Waals surface area contributed by atoms with Gasteiger partial charge in [-0.25, -0.2) is 4.79 Å². The summed E-state index contributed by atoms with van der Waals surface area (Å²) in [6, 6.07) is 10.3. The van der Waals surface area contributed by atoms with E-state index in [1.165, 1.54) is 0 Å². The molecule has 0 fully saturated rings. The summed E-state index contributed by atoms with van der Waals surface area (Å²) < 4.78 is 5.58. The van der Waals surface area contributed by atoms with E-state index in [4.69, 9.17) is 27.9 Å². The lowest BCUT2D eigenvalue weighted by Gasteiger charge is -2.11. The molecule has 0 unspecified atom stereocenters. The largest absolute Gasteiger partial charge is 0.492 e. The normalized spacial score (nSPS) is 10.4. The molecule has 0 saturated heterocycles. The first-order valence-corrected chi connectivity index (χ1v) is 7.88. The molecule has 6 heteroatoms. The van der Waals surface area contributed by atoms with Crippen LogP contribution in [0, 0.1) is 6.92 Å². The van der Waals surface area contributed by atoms with Crippen molar-refractivity contribution >= 4 is 34.9 Å². The van der Waals surface area contributed by atoms with Gasteiger partial charge in [-0.3, -0.25) is 0 Å². The van der Waals surface area contributed by atoms with Gasteiger partial charge in [0.15, 0.2) is 0 Å². The van der Waals surface area contributed by atoms with Crippen molar-refractivity contribution in [2.24, 2.45) is 0 Å². The first kappa shape index (κ1) is 17.4. The maximum atomic E-state index is 11.2. The highest BCUT2D eigenvalue weighted by molar-refractivity contribution is 6.34. The molecule has 0 amide bonds. The van der Waals surface area contributed by atoms with Crippen LogP contribution in [-0.4, -0.2) is 24.2 Å². The zero-order chi connectivity index (χ0) is 16.8. The number of rotatable bonds is 7. The van der Waals surface area contributed by atoms with Gasteiger partial charge in [0, 0.05) is 23.3 Å². The maximum absolute atomic E-state index is 11.2. The van der Waals surface area contributed by atoms with Crippen LogP contribution in [-0.2, 0) is 0 Å². The number of hydrogen-bond acceptors (Lipinski definition) is 3. The molecule has 2 rings (SSSR count). The molecule has 0 bridgehead atoms. The standard InChI is InChI=1S/C17H17Cl2NO3/c1-11-3-6-15(13(9-11)17(21)22)20-7-2-8-23-16-10-12(18)4-5-14(16)19/h3-6,9-10,20H,2,7-8H2,1H3,(H,21,22). The van der Waals surface area contributed by atoms with E-state index in [9.17, 15) is 9.90 Å². The number of aryl methyl sites for hydroxylation is 1. The summed E-state index contributed by atoms with van der Waals surface area (Å²) in [5.41, 5.74) is 1.78. The predicted octanol–water partition coefficient (Wildman–Crippen LogP) is 4.88. The summed E-state index contributed by atoms with van der Waals surface area (Å²) in [6.07, 6.45) is 0.690. The summed E-state index contributed by atoms with van der Waals surface area (Å²) in [4.78, 5) is 11.2. The molecule has 0 aliphatic carbocycles. The number of carbonyl (C=O) groups is 1. The van der Waals surface area contributed by atoms with Gasteiger partial charge in [-0.05, 0) is 37.6 Å². The average molecular weight is 354 g/mol. The fourth-order valence-corrected chi connectivity index (χ4v) is 2.39. The Balaban J connectivity index is 1.84. The van der Waals surface area contributed by atoms with Gasteiger partial charge in [0.05, 0.1) is 17.2 Å². The molecule has 0 heterocycles. The summed E-state index contributed by atoms with van der Waals surface area (Å²) in [5, 5.41) is 13.4. The van der Waals surface area contributed by atoms with E-state index in [2.05, 4.69) is 5.32 Å². The molecule has 0 saturated carbocycles. The molecule has 0 aliphatic heterocycles. The number of ether oxygens (including phenoxy) is 1. The molecule has 0 spiro atoms. The number of carboxylic acids is 1. The fourth-order valence-electron chi connectivity index (χ4n) is 2.05. The quantitative estimate of drug-likeness (QED) is 0.696. The summed E-state index contributed by atoms with van der Waals surface area (Å²) in [5.74, 6) is -0.404. The molecule has 122 valence electrons. The van der Waals surface area contributed by atoms with Gasteiger partial charge in [-0.2, -0.15) is 0 Å². The second-order valence-electron chi connectivity index (χ2n) is 5.06. The monoisotopic (exact) mass is 353 g/mol. The SMILES string of the molecule is Cc1ccc(NCCCOc2cc(Cl)ccc2Cl)c(C(=O)O)c1. The lowest BCUT2D eigenvalue weighted by molar-refractivity contribution is 0.0698. The van der Waals surface area contributed by atoms with Crippen LogP contribution in [0.4, 0.5) is 5.69 Å². The van der Waals surface area contributed by atoms with Crippen LogP contribution in [0.15, 0.2) is 36.4 Å². The molecule has 2 aromatic carbocycles. The molecule has 23 heavy (non-hydrogen) atoms. The van der Waals surface area contributed by atoms with Crippen molar-refractivity contribution in [1.82, 2.24) is 0 Å². The third kappa shape index (κ3) is 5.05. The van der Waals surface area contributed by atoms with Gasteiger partial charge in [-0.15, -0.1) is 0 Å². The van der Waals surface area contributed by atoms with Gasteiger partial charge in [0.1, 0.15) is 5.75 Å². The van der Waals surface area contributed by atoms with Crippen molar-refractivity contribution in [3.8, 4) is 5.75 Å². The average Bonchev–Trinajstić information content (AvgIpc) is 2.51. The first-order chi connectivity index (χ1) is 11.0. The number of hydrogen-bond donors (Lipinski definition) is 2. The van der Waals surface area contributed by atoms with Crippen molar-refractivity contribution in [2.75, 3.05) is 18.5 Å². The third-order valence-corrected chi connectivity index (χ3v) is 3.74. The lowest BCUT2D eigenvalue weighted by atomic mass is 10.1. The Bertz CT molecular complexity index is 704. The number of halogens is 2. The van der Waals surface area contributed by atoms with Crippen LogP contribution < -0.4 is 10.1 Å². The number of nitrogens with one attached hydrogen (secondary N) is 1. The Hall–Kier alpha value is -1.91. The highest BCUT2D eigenvalue weighted by atomic mass is 35.5. The van der Waals surface area contributed by atoms with Gasteiger partial charge in [0.2, 0.25) is 0 Å². The third-order valence-electron chi connectivity index (χ3n) is 3.19. The zero-order valence-electron chi connectivity index (χ0n) is 12.6. The minimum Gasteiger partial charge on any atom is -0.492 e. The Morgan fingerprint density at radius 3 is 2.74 bits per heavy atom. The van der Waals surface area contributed by atoms with E-state index < -0.39 is 5.97 Å². The molecular weight excluding hydrogens is 337 g/mol. The highest BCUT2D eigenvalue weighted by Crippen LogP contribution is 2.27. The van der Waals surface area contributed by atoms with Crippen molar-refractivity contribution in [1.29, 1.82) is 0 Å². The molecule has 0 radical (unpaired) electrons. The molecule has 0 aromatic heterocycles. The second kappa shape index (κ2) is 8.09. The van der Waals surface area contributed by atoms with Crippen LogP contribution in [0.25, 0.3) is 0 Å². The Morgan fingerprint density at radius 2 is 2.00 bits per heavy atom. The van der Waals surface area contributed by atoms with Crippen LogP contribution >= 0.6 is 23.2 Å². The molecule has 0 atom stereocenters. The minimum atomic E-state index is -0.946. The number of benzene rings is 2. The van der Waals surface area contributed by atoms with Gasteiger partial charge < -0.3 is 15.2 Å². The number of carboxylic acid groups (broad SMARTS) is 1. The molecule has 2 aromatic rings. The van der Waals surface area contributed by atoms with Crippen LogP contribution in [0.3, 0.4) is 0 Å². The van der Waals surface area contributed by atoms with E-state index >= 15 is 0 Å². The molecular formula is C17H17Cl2NO3. The van der Waals surface area contributed by atoms with Gasteiger partial charge in [0.25, 0.3) is 0 Å². The predicted molar refractivity (Wildman–Crippen MR) is 93.2 cm³/mol. The number of aromatic carboxylic acids is 1. The fraction of sp³-hybridized carbons (Fsp3) is 0.235. The summed E-state index contributed by atoms with van der Waals surface area (Å²) in [6.45, 7) is 2.89. The Labute approximate surface area is 145 Å². The van der Waals surface area contributed by atoms with E-state index in [-0.39, 0.29) is 5.56 Å². The summed E-state index contributed by atoms with van der Waals surface area (Å²) in [7, 11) is 0. The van der Waals surface area contributed by atoms with E-state index in [0.717, 1.165) is 5.56 Å². The smallest absolute Gasteiger partial charge is 0.337 e. The van der Waals surface area contributed by atoms with Crippen LogP contribution in [0.1, 0.15) is 22.3 Å². The van der Waals surface area contributed by atoms with E-state index in [1.54, 1.807) is 30.3 Å². The van der Waals surface area contributed by atoms with Crippen LogP contribution in [0.2, 0.25) is 10.0 Å². The van der Waals surface area contributed by atoms with Gasteiger partial charge >= 0.3 is 5.97 Å². The topological polar surface area (TPSA) is 58.6 Å². The number of anilines is 1. The van der Waals surface area contributed by atoms with Gasteiger partial charge in [-0.1, -0.05) is 34.8 Å². The summed E-state index contributed by atoms with van der Waals surface area (Å²) >= 11 is 11.9. The molecule has 0 aliphatic rings. The Morgan fingerprint density at radius 1 is 1.22 bits per heavy atom. The molecule has 4 nitrogen and oxygen atoms in total. The highest BCUT2D eigenvalue weighted by Gasteiger charge is 2.09. The van der Waals surface area contributed by atoms with E-state index in [1.807, 2.05) is 13.0 Å². The minimum absolute atomic E-state index is 0.267. The second-order valence-corrected chi connectivity index (χ2v) is 5.90. The van der Waals surface area contributed by atoms with Crippen molar-refractivity contribution in [3.63, 3.8) is 0 Å². The Kier molecular flexibility index (Phi) is 6.13. The first-order valence-electron chi connectivity index (χ1n) is 7.13. The van der Waals surface area contributed by atoms with Crippen LogP contribution in [0.5, 0.6) is 5.75 Å². The van der Waals surface area contributed by atoms with Crippen molar-refractivity contribution in [2.45, 2.75) is 13.3 Å². The van der Waals surface area contributed by atoms with E-state index in [0.29, 0.717) is 41.1 Å². The lowest BCUT2D eigenvalue weighted by Crippen LogP contribution is -2.10. The zero-order valence-corrected chi connectivity index (χ0v) is 14.1. The molecule has 2 N–H and O–H groups in total. The van der Waals surface area contributed by atoms with Crippen molar-refractivity contribution < 1.29 is 14.6 Å². The maximum Gasteiger partial charge on any atom is 0.337 e.